The number of Topliss-reactive ketones (excluding diaryl/α,β-unsaturated/α-hetero) is 1. The largest absolute Gasteiger partial charge is 0.366 e. The van der Waals surface area contributed by atoms with Crippen LogP contribution in [0.3, 0.4) is 0 Å². The molecule has 0 heterocycles. The lowest BCUT2D eigenvalue weighted by atomic mass is 10.0. The third-order valence-corrected chi connectivity index (χ3v) is 2.29. The highest BCUT2D eigenvalue weighted by molar-refractivity contribution is 9.09. The molecule has 0 atom stereocenters. The summed E-state index contributed by atoms with van der Waals surface area (Å²) in [6.45, 7) is 3.55. The van der Waals surface area contributed by atoms with E-state index in [0.717, 1.165) is 6.42 Å². The van der Waals surface area contributed by atoms with E-state index in [1.54, 1.807) is 6.92 Å². The smallest absolute Gasteiger partial charge is 0.244 e. The molecule has 0 aliphatic carbocycles. The monoisotopic (exact) mass is 247 g/mol. The van der Waals surface area contributed by atoms with E-state index < -0.39 is 5.91 Å². The summed E-state index contributed by atoms with van der Waals surface area (Å²) < 4.78 is 0. The number of nitrogens with two attached hydrogens (primary N) is 1. The molecular formula is C9H14BrNO2. The minimum Gasteiger partial charge on any atom is -0.366 e. The number of hydrogen-bond donors (Lipinski definition) is 1. The van der Waals surface area contributed by atoms with Crippen molar-refractivity contribution in [1.29, 1.82) is 0 Å². The van der Waals surface area contributed by atoms with Crippen LogP contribution in [0.2, 0.25) is 0 Å². The molecule has 0 aromatic carbocycles. The minimum absolute atomic E-state index is 0.0573. The second kappa shape index (κ2) is 5.91. The number of ketones is 1. The van der Waals surface area contributed by atoms with Gasteiger partial charge in [0.25, 0.3) is 0 Å². The molecule has 0 saturated heterocycles. The van der Waals surface area contributed by atoms with Gasteiger partial charge in [-0.1, -0.05) is 29.3 Å². The van der Waals surface area contributed by atoms with E-state index in [-0.39, 0.29) is 11.1 Å². The van der Waals surface area contributed by atoms with Gasteiger partial charge in [-0.05, 0) is 13.3 Å². The fraction of sp³-hybridized carbons (Fsp3) is 0.556. The van der Waals surface area contributed by atoms with Crippen molar-refractivity contribution in [2.24, 2.45) is 5.73 Å². The third-order valence-electron chi connectivity index (χ3n) is 1.78. The SMILES string of the molecule is CCC/C(C(=O)CBr)=C(/C)C(N)=O. The number of rotatable bonds is 5. The van der Waals surface area contributed by atoms with Crippen molar-refractivity contribution >= 4 is 27.6 Å². The van der Waals surface area contributed by atoms with Gasteiger partial charge in [0.05, 0.1) is 5.33 Å². The summed E-state index contributed by atoms with van der Waals surface area (Å²) in [5.41, 5.74) is 6.02. The number of allylic oxidation sites excluding steroid dienone is 1. The standard InChI is InChI=1S/C9H14BrNO2/c1-3-4-7(8(12)5-10)6(2)9(11)13/h3-5H2,1-2H3,(H2,11,13)/b7-6+. The quantitative estimate of drug-likeness (QED) is 0.592. The minimum atomic E-state index is -0.516. The Morgan fingerprint density at radius 3 is 2.23 bits per heavy atom. The van der Waals surface area contributed by atoms with Gasteiger partial charge in [0.2, 0.25) is 5.91 Å². The summed E-state index contributed by atoms with van der Waals surface area (Å²) in [5, 5.41) is 0.243. The van der Waals surface area contributed by atoms with Crippen molar-refractivity contribution < 1.29 is 9.59 Å². The van der Waals surface area contributed by atoms with E-state index in [1.807, 2.05) is 6.92 Å². The molecule has 0 aromatic rings. The van der Waals surface area contributed by atoms with Crippen LogP contribution in [0.1, 0.15) is 26.7 Å². The molecule has 3 nitrogen and oxygen atoms in total. The van der Waals surface area contributed by atoms with E-state index >= 15 is 0 Å². The Morgan fingerprint density at radius 1 is 1.38 bits per heavy atom. The lowest BCUT2D eigenvalue weighted by Gasteiger charge is -2.05. The Bertz CT molecular complexity index is 246. The fourth-order valence-electron chi connectivity index (χ4n) is 1.02. The maximum Gasteiger partial charge on any atom is 0.244 e. The lowest BCUT2D eigenvalue weighted by molar-refractivity contribution is -0.116. The first kappa shape index (κ1) is 12.4. The summed E-state index contributed by atoms with van der Waals surface area (Å²) in [7, 11) is 0. The van der Waals surface area contributed by atoms with Crippen LogP contribution < -0.4 is 5.73 Å². The van der Waals surface area contributed by atoms with Gasteiger partial charge in [-0.25, -0.2) is 0 Å². The van der Waals surface area contributed by atoms with Crippen LogP contribution in [0.15, 0.2) is 11.1 Å². The molecule has 0 bridgehead atoms. The maximum atomic E-state index is 11.3. The molecule has 2 N–H and O–H groups in total. The number of carbonyl (C=O) groups excluding carboxylic acids is 2. The molecule has 0 rings (SSSR count). The Morgan fingerprint density at radius 2 is 1.92 bits per heavy atom. The Kier molecular flexibility index (Phi) is 5.62. The van der Waals surface area contributed by atoms with Gasteiger partial charge in [0.1, 0.15) is 0 Å². The van der Waals surface area contributed by atoms with E-state index in [2.05, 4.69) is 15.9 Å². The number of alkyl halides is 1. The van der Waals surface area contributed by atoms with Crippen molar-refractivity contribution in [3.05, 3.63) is 11.1 Å². The molecule has 0 radical (unpaired) electrons. The van der Waals surface area contributed by atoms with Gasteiger partial charge in [-0.15, -0.1) is 0 Å². The lowest BCUT2D eigenvalue weighted by Crippen LogP contribution is -2.17. The van der Waals surface area contributed by atoms with Crippen molar-refractivity contribution in [2.75, 3.05) is 5.33 Å². The Labute approximate surface area is 86.5 Å². The van der Waals surface area contributed by atoms with Gasteiger partial charge >= 0.3 is 0 Å². The van der Waals surface area contributed by atoms with Crippen LogP contribution in [0.25, 0.3) is 0 Å². The first-order chi connectivity index (χ1) is 6.04. The van der Waals surface area contributed by atoms with Crippen molar-refractivity contribution in [3.63, 3.8) is 0 Å². The molecule has 0 saturated carbocycles. The molecule has 13 heavy (non-hydrogen) atoms. The number of primary amides is 1. The summed E-state index contributed by atoms with van der Waals surface area (Å²) in [5.74, 6) is -0.573. The van der Waals surface area contributed by atoms with Gasteiger partial charge < -0.3 is 5.73 Å². The first-order valence-corrected chi connectivity index (χ1v) is 5.25. The van der Waals surface area contributed by atoms with Crippen LogP contribution >= 0.6 is 15.9 Å². The van der Waals surface area contributed by atoms with Crippen LogP contribution in [0.5, 0.6) is 0 Å². The third kappa shape index (κ3) is 3.72. The van der Waals surface area contributed by atoms with E-state index in [9.17, 15) is 9.59 Å². The van der Waals surface area contributed by atoms with Gasteiger partial charge in [0, 0.05) is 11.1 Å². The second-order valence-corrected chi connectivity index (χ2v) is 3.34. The Balaban J connectivity index is 4.87. The van der Waals surface area contributed by atoms with Crippen LogP contribution in [-0.4, -0.2) is 17.0 Å². The molecule has 0 fully saturated rings. The summed E-state index contributed by atoms with van der Waals surface area (Å²) in [4.78, 5) is 22.2. The zero-order valence-corrected chi connectivity index (χ0v) is 9.48. The Hall–Kier alpha value is -0.640. The highest BCUT2D eigenvalue weighted by Crippen LogP contribution is 2.13. The van der Waals surface area contributed by atoms with Crippen LogP contribution in [0.4, 0.5) is 0 Å². The summed E-state index contributed by atoms with van der Waals surface area (Å²) in [6, 6.07) is 0. The number of hydrogen-bond acceptors (Lipinski definition) is 2. The molecule has 0 spiro atoms. The topological polar surface area (TPSA) is 60.2 Å². The van der Waals surface area contributed by atoms with Crippen molar-refractivity contribution in [3.8, 4) is 0 Å². The van der Waals surface area contributed by atoms with E-state index in [4.69, 9.17) is 5.73 Å². The van der Waals surface area contributed by atoms with Crippen molar-refractivity contribution in [2.45, 2.75) is 26.7 Å². The average Bonchev–Trinajstić information content (AvgIpc) is 2.11. The molecule has 0 unspecified atom stereocenters. The predicted octanol–water partition coefficient (Wildman–Crippen LogP) is 1.55. The second-order valence-electron chi connectivity index (χ2n) is 2.77. The highest BCUT2D eigenvalue weighted by atomic mass is 79.9. The van der Waals surface area contributed by atoms with Gasteiger partial charge in [-0.2, -0.15) is 0 Å². The van der Waals surface area contributed by atoms with E-state index in [1.165, 1.54) is 0 Å². The van der Waals surface area contributed by atoms with Gasteiger partial charge in [0.15, 0.2) is 5.78 Å². The van der Waals surface area contributed by atoms with Crippen LogP contribution in [0, 0.1) is 0 Å². The number of halogens is 1. The fourth-order valence-corrected chi connectivity index (χ4v) is 1.35. The molecule has 0 aliphatic heterocycles. The first-order valence-electron chi connectivity index (χ1n) is 4.13. The molecule has 0 aromatic heterocycles. The average molecular weight is 248 g/mol. The van der Waals surface area contributed by atoms with Crippen molar-refractivity contribution in [1.82, 2.24) is 0 Å². The zero-order valence-electron chi connectivity index (χ0n) is 7.89. The predicted molar refractivity (Wildman–Crippen MR) is 55.6 cm³/mol. The summed E-state index contributed by atoms with van der Waals surface area (Å²) in [6.07, 6.45) is 1.44. The van der Waals surface area contributed by atoms with Crippen LogP contribution in [-0.2, 0) is 9.59 Å². The molecule has 4 heteroatoms. The molecule has 74 valence electrons. The molecular weight excluding hydrogens is 234 g/mol. The summed E-state index contributed by atoms with van der Waals surface area (Å²) >= 11 is 3.07. The highest BCUT2D eigenvalue weighted by Gasteiger charge is 2.13. The normalized spacial score (nSPS) is 12.2. The zero-order chi connectivity index (χ0) is 10.4. The number of amides is 1. The number of carbonyl (C=O) groups is 2. The van der Waals surface area contributed by atoms with E-state index in [0.29, 0.717) is 17.6 Å². The molecule has 1 amide bonds. The molecule has 0 aliphatic rings. The van der Waals surface area contributed by atoms with Gasteiger partial charge in [-0.3, -0.25) is 9.59 Å². The maximum absolute atomic E-state index is 11.3.